The highest BCUT2D eigenvalue weighted by Crippen LogP contribution is 2.23. The standard InChI is InChI=1S/C18H21ClN4O/c1-14(2)13-21-8-10-22(11-9-21)16-12-20-23(18(24)17(16)19)15-6-4-3-5-7-15/h3-7,12H,1,8-11,13H2,2H3. The van der Waals surface area contributed by atoms with Gasteiger partial charge in [0.2, 0.25) is 0 Å². The molecule has 0 amide bonds. The Hall–Kier alpha value is -2.11. The van der Waals surface area contributed by atoms with Crippen LogP contribution in [-0.2, 0) is 0 Å². The minimum absolute atomic E-state index is 0.224. The normalized spacial score (nSPS) is 15.5. The molecule has 0 saturated carbocycles. The first kappa shape index (κ1) is 16.7. The van der Waals surface area contributed by atoms with Crippen molar-refractivity contribution in [1.29, 1.82) is 0 Å². The molecule has 0 atom stereocenters. The van der Waals surface area contributed by atoms with Crippen molar-refractivity contribution in [2.45, 2.75) is 6.92 Å². The molecule has 0 N–H and O–H groups in total. The Kier molecular flexibility index (Phi) is 5.02. The number of rotatable bonds is 4. The third-order valence-electron chi connectivity index (χ3n) is 4.11. The van der Waals surface area contributed by atoms with E-state index in [0.29, 0.717) is 11.4 Å². The first-order chi connectivity index (χ1) is 11.6. The summed E-state index contributed by atoms with van der Waals surface area (Å²) in [5.74, 6) is 0. The quantitative estimate of drug-likeness (QED) is 0.799. The van der Waals surface area contributed by atoms with Gasteiger partial charge in [0.15, 0.2) is 0 Å². The van der Waals surface area contributed by atoms with Crippen molar-refractivity contribution in [2.75, 3.05) is 37.6 Å². The predicted octanol–water partition coefficient (Wildman–Crippen LogP) is 2.58. The topological polar surface area (TPSA) is 41.4 Å². The van der Waals surface area contributed by atoms with E-state index < -0.39 is 0 Å². The number of hydrogen-bond donors (Lipinski definition) is 0. The molecule has 1 aromatic carbocycles. The van der Waals surface area contributed by atoms with E-state index in [-0.39, 0.29) is 10.6 Å². The Balaban J connectivity index is 1.80. The fourth-order valence-corrected chi connectivity index (χ4v) is 3.17. The van der Waals surface area contributed by atoms with E-state index >= 15 is 0 Å². The number of nitrogens with zero attached hydrogens (tertiary/aromatic N) is 4. The van der Waals surface area contributed by atoms with Gasteiger partial charge in [0.05, 0.1) is 17.6 Å². The van der Waals surface area contributed by atoms with Gasteiger partial charge in [-0.2, -0.15) is 9.78 Å². The summed E-state index contributed by atoms with van der Waals surface area (Å²) in [6.45, 7) is 10.4. The lowest BCUT2D eigenvalue weighted by Crippen LogP contribution is -2.47. The van der Waals surface area contributed by atoms with Crippen LogP contribution >= 0.6 is 11.6 Å². The zero-order valence-corrected chi connectivity index (χ0v) is 14.5. The molecule has 0 unspecified atom stereocenters. The van der Waals surface area contributed by atoms with E-state index in [2.05, 4.69) is 21.5 Å². The molecule has 0 aliphatic carbocycles. The molecule has 0 spiro atoms. The van der Waals surface area contributed by atoms with Gasteiger partial charge in [-0.15, -0.1) is 0 Å². The molecule has 0 radical (unpaired) electrons. The summed E-state index contributed by atoms with van der Waals surface area (Å²) in [5.41, 5.74) is 2.30. The highest BCUT2D eigenvalue weighted by molar-refractivity contribution is 6.33. The van der Waals surface area contributed by atoms with Crippen molar-refractivity contribution in [3.63, 3.8) is 0 Å². The predicted molar refractivity (Wildman–Crippen MR) is 98.3 cm³/mol. The molecule has 3 rings (SSSR count). The van der Waals surface area contributed by atoms with Gasteiger partial charge >= 0.3 is 0 Å². The maximum atomic E-state index is 12.6. The first-order valence-corrected chi connectivity index (χ1v) is 8.39. The number of para-hydroxylation sites is 1. The molecular weight excluding hydrogens is 324 g/mol. The van der Waals surface area contributed by atoms with Crippen LogP contribution in [0.2, 0.25) is 5.02 Å². The van der Waals surface area contributed by atoms with Crippen molar-refractivity contribution in [3.05, 3.63) is 64.1 Å². The smallest absolute Gasteiger partial charge is 0.292 e. The van der Waals surface area contributed by atoms with E-state index in [0.717, 1.165) is 38.3 Å². The van der Waals surface area contributed by atoms with Gasteiger partial charge in [-0.1, -0.05) is 42.0 Å². The lowest BCUT2D eigenvalue weighted by Gasteiger charge is -2.36. The molecule has 1 aromatic heterocycles. The van der Waals surface area contributed by atoms with Crippen molar-refractivity contribution >= 4 is 17.3 Å². The minimum Gasteiger partial charge on any atom is -0.366 e. The SMILES string of the molecule is C=C(C)CN1CCN(c2cnn(-c3ccccc3)c(=O)c2Cl)CC1. The third-order valence-corrected chi connectivity index (χ3v) is 4.46. The Labute approximate surface area is 146 Å². The largest absolute Gasteiger partial charge is 0.366 e. The zero-order chi connectivity index (χ0) is 17.1. The highest BCUT2D eigenvalue weighted by atomic mass is 35.5. The van der Waals surface area contributed by atoms with Crippen molar-refractivity contribution < 1.29 is 0 Å². The number of aromatic nitrogens is 2. The number of piperazine rings is 1. The summed E-state index contributed by atoms with van der Waals surface area (Å²) in [7, 11) is 0. The van der Waals surface area contributed by atoms with E-state index in [1.165, 1.54) is 4.68 Å². The van der Waals surface area contributed by atoms with Gasteiger partial charge in [0.25, 0.3) is 5.56 Å². The van der Waals surface area contributed by atoms with Gasteiger partial charge in [-0.3, -0.25) is 9.69 Å². The Morgan fingerprint density at radius 3 is 2.50 bits per heavy atom. The van der Waals surface area contributed by atoms with E-state index in [9.17, 15) is 4.79 Å². The Morgan fingerprint density at radius 1 is 1.21 bits per heavy atom. The number of halogens is 1. The lowest BCUT2D eigenvalue weighted by atomic mass is 10.2. The number of hydrogen-bond acceptors (Lipinski definition) is 4. The maximum absolute atomic E-state index is 12.6. The second-order valence-corrected chi connectivity index (χ2v) is 6.49. The second kappa shape index (κ2) is 7.20. The van der Waals surface area contributed by atoms with Gasteiger partial charge in [0, 0.05) is 32.7 Å². The molecule has 1 aliphatic heterocycles. The van der Waals surface area contributed by atoms with Crippen LogP contribution in [0, 0.1) is 0 Å². The number of benzene rings is 1. The Morgan fingerprint density at radius 2 is 1.88 bits per heavy atom. The maximum Gasteiger partial charge on any atom is 0.292 e. The monoisotopic (exact) mass is 344 g/mol. The molecule has 1 saturated heterocycles. The summed E-state index contributed by atoms with van der Waals surface area (Å²) in [6.07, 6.45) is 1.69. The van der Waals surface area contributed by atoms with Crippen LogP contribution in [0.4, 0.5) is 5.69 Å². The van der Waals surface area contributed by atoms with Crippen molar-refractivity contribution in [1.82, 2.24) is 14.7 Å². The molecular formula is C18H21ClN4O. The fraction of sp³-hybridized carbons (Fsp3) is 0.333. The van der Waals surface area contributed by atoms with Gasteiger partial charge in [0.1, 0.15) is 5.02 Å². The van der Waals surface area contributed by atoms with Crippen LogP contribution in [0.25, 0.3) is 5.69 Å². The average Bonchev–Trinajstić information content (AvgIpc) is 2.58. The van der Waals surface area contributed by atoms with Gasteiger partial charge in [-0.25, -0.2) is 0 Å². The van der Waals surface area contributed by atoms with E-state index in [4.69, 9.17) is 11.6 Å². The Bertz CT molecular complexity index is 779. The average molecular weight is 345 g/mol. The van der Waals surface area contributed by atoms with Crippen molar-refractivity contribution in [2.24, 2.45) is 0 Å². The van der Waals surface area contributed by atoms with Crippen LogP contribution in [0.1, 0.15) is 6.92 Å². The summed E-state index contributed by atoms with van der Waals surface area (Å²) in [6, 6.07) is 9.30. The molecule has 5 nitrogen and oxygen atoms in total. The van der Waals surface area contributed by atoms with Crippen LogP contribution in [0.15, 0.2) is 53.5 Å². The summed E-state index contributed by atoms with van der Waals surface area (Å²) >= 11 is 6.36. The first-order valence-electron chi connectivity index (χ1n) is 8.01. The van der Waals surface area contributed by atoms with Gasteiger partial charge < -0.3 is 4.90 Å². The van der Waals surface area contributed by atoms with Crippen LogP contribution in [0.5, 0.6) is 0 Å². The second-order valence-electron chi connectivity index (χ2n) is 6.12. The molecule has 0 bridgehead atoms. The molecule has 6 heteroatoms. The molecule has 2 aromatic rings. The van der Waals surface area contributed by atoms with Crippen LogP contribution in [-0.4, -0.2) is 47.4 Å². The molecule has 2 heterocycles. The van der Waals surface area contributed by atoms with Crippen molar-refractivity contribution in [3.8, 4) is 5.69 Å². The van der Waals surface area contributed by atoms with Gasteiger partial charge in [-0.05, 0) is 19.1 Å². The highest BCUT2D eigenvalue weighted by Gasteiger charge is 2.21. The van der Waals surface area contributed by atoms with Crippen LogP contribution in [0.3, 0.4) is 0 Å². The molecule has 1 fully saturated rings. The minimum atomic E-state index is -0.287. The van der Waals surface area contributed by atoms with E-state index in [1.807, 2.05) is 37.3 Å². The molecule has 24 heavy (non-hydrogen) atoms. The summed E-state index contributed by atoms with van der Waals surface area (Å²) < 4.78 is 1.34. The molecule has 126 valence electrons. The summed E-state index contributed by atoms with van der Waals surface area (Å²) in [5, 5.41) is 4.53. The zero-order valence-electron chi connectivity index (χ0n) is 13.8. The fourth-order valence-electron chi connectivity index (χ4n) is 2.93. The third kappa shape index (κ3) is 3.52. The lowest BCUT2D eigenvalue weighted by molar-refractivity contribution is 0.278. The summed E-state index contributed by atoms with van der Waals surface area (Å²) in [4.78, 5) is 17.0. The molecule has 1 aliphatic rings. The number of anilines is 1. The van der Waals surface area contributed by atoms with E-state index in [1.54, 1.807) is 6.20 Å². The van der Waals surface area contributed by atoms with Crippen LogP contribution < -0.4 is 10.5 Å².